The molecule has 0 radical (unpaired) electrons. The Morgan fingerprint density at radius 3 is 2.21 bits per heavy atom. The van der Waals surface area contributed by atoms with Gasteiger partial charge in [-0.05, 0) is 19.8 Å². The summed E-state index contributed by atoms with van der Waals surface area (Å²) in [6.45, 7) is 4.11. The molecule has 80 valence electrons. The highest BCUT2D eigenvalue weighted by atomic mass is 35.6. The van der Waals surface area contributed by atoms with Crippen molar-refractivity contribution in [2.75, 3.05) is 0 Å². The van der Waals surface area contributed by atoms with Crippen molar-refractivity contribution in [3.63, 3.8) is 0 Å². The predicted molar refractivity (Wildman–Crippen MR) is 60.0 cm³/mol. The molecule has 1 nitrogen and oxygen atoms in total. The molecule has 14 heavy (non-hydrogen) atoms. The van der Waals surface area contributed by atoms with Crippen molar-refractivity contribution >= 4 is 34.8 Å². The molecular formula is C10H13Cl3O. The van der Waals surface area contributed by atoms with Crippen LogP contribution in [0.25, 0.3) is 0 Å². The van der Waals surface area contributed by atoms with Crippen molar-refractivity contribution < 1.29 is 4.74 Å². The molecule has 2 heterocycles. The zero-order valence-electron chi connectivity index (χ0n) is 8.19. The largest absolute Gasteiger partial charge is 0.363 e. The molecule has 1 fully saturated rings. The average Bonchev–Trinajstić information content (AvgIpc) is 2.05. The first kappa shape index (κ1) is 11.1. The van der Waals surface area contributed by atoms with Gasteiger partial charge in [-0.25, -0.2) is 0 Å². The van der Waals surface area contributed by atoms with Crippen molar-refractivity contribution in [3.05, 3.63) is 12.2 Å². The summed E-state index contributed by atoms with van der Waals surface area (Å²) >= 11 is 17.8. The van der Waals surface area contributed by atoms with Gasteiger partial charge in [0, 0.05) is 5.41 Å². The molecule has 3 rings (SSSR count). The SMILES string of the molecule is C[C@]12C=C[C@](C)(CC1)C(C(Cl)(Cl)Cl)O2. The van der Waals surface area contributed by atoms with E-state index >= 15 is 0 Å². The molecular weight excluding hydrogens is 242 g/mol. The Balaban J connectivity index is 2.36. The number of hydrogen-bond donors (Lipinski definition) is 0. The number of halogens is 3. The fourth-order valence-corrected chi connectivity index (χ4v) is 3.09. The Morgan fingerprint density at radius 1 is 1.21 bits per heavy atom. The standard InChI is InChI=1S/C10H13Cl3O/c1-8-3-5-9(2,6-4-8)14-7(8)10(11,12)13/h3,5,7H,4,6H2,1-2H3/t7?,8-,9+/m1/s1. The number of hydrogen-bond acceptors (Lipinski definition) is 1. The van der Waals surface area contributed by atoms with E-state index < -0.39 is 3.79 Å². The lowest BCUT2D eigenvalue weighted by atomic mass is 9.69. The Hall–Kier alpha value is 0.570. The molecule has 0 aromatic carbocycles. The van der Waals surface area contributed by atoms with Gasteiger partial charge in [-0.15, -0.1) is 0 Å². The van der Waals surface area contributed by atoms with E-state index in [4.69, 9.17) is 39.5 Å². The van der Waals surface area contributed by atoms with E-state index in [1.54, 1.807) is 0 Å². The molecule has 3 atom stereocenters. The first-order valence-corrected chi connectivity index (χ1v) is 5.84. The van der Waals surface area contributed by atoms with Crippen LogP contribution >= 0.6 is 34.8 Å². The van der Waals surface area contributed by atoms with E-state index in [9.17, 15) is 0 Å². The van der Waals surface area contributed by atoms with Crippen LogP contribution in [0.1, 0.15) is 26.7 Å². The van der Waals surface area contributed by atoms with Crippen LogP contribution in [0.3, 0.4) is 0 Å². The lowest BCUT2D eigenvalue weighted by Crippen LogP contribution is -2.55. The van der Waals surface area contributed by atoms with Gasteiger partial charge in [0.15, 0.2) is 0 Å². The van der Waals surface area contributed by atoms with Gasteiger partial charge in [0.1, 0.15) is 6.10 Å². The average molecular weight is 256 g/mol. The maximum Gasteiger partial charge on any atom is 0.217 e. The van der Waals surface area contributed by atoms with Crippen LogP contribution in [0.5, 0.6) is 0 Å². The van der Waals surface area contributed by atoms with Gasteiger partial charge < -0.3 is 4.74 Å². The van der Waals surface area contributed by atoms with Gasteiger partial charge >= 0.3 is 0 Å². The van der Waals surface area contributed by atoms with Crippen molar-refractivity contribution in [3.8, 4) is 0 Å². The number of rotatable bonds is 0. The van der Waals surface area contributed by atoms with Crippen LogP contribution in [0.4, 0.5) is 0 Å². The molecule has 1 unspecified atom stereocenters. The lowest BCUT2D eigenvalue weighted by Gasteiger charge is -2.53. The third-order valence-corrected chi connectivity index (χ3v) is 3.85. The van der Waals surface area contributed by atoms with Gasteiger partial charge in [-0.3, -0.25) is 0 Å². The quantitative estimate of drug-likeness (QED) is 0.472. The van der Waals surface area contributed by atoms with Crippen LogP contribution in [-0.2, 0) is 4.74 Å². The third kappa shape index (κ3) is 1.69. The van der Waals surface area contributed by atoms with Gasteiger partial charge in [-0.1, -0.05) is 53.9 Å². The van der Waals surface area contributed by atoms with E-state index in [1.165, 1.54) is 0 Å². The summed E-state index contributed by atoms with van der Waals surface area (Å²) in [5.41, 5.74) is -0.380. The molecule has 0 amide bonds. The van der Waals surface area contributed by atoms with Gasteiger partial charge in [0.05, 0.1) is 5.60 Å². The van der Waals surface area contributed by atoms with Gasteiger partial charge in [0.2, 0.25) is 3.79 Å². The molecule has 4 heteroatoms. The second kappa shape index (κ2) is 3.04. The number of ether oxygens (including phenoxy) is 1. The molecule has 0 N–H and O–H groups in total. The molecule has 1 aliphatic carbocycles. The topological polar surface area (TPSA) is 9.23 Å². The monoisotopic (exact) mass is 254 g/mol. The summed E-state index contributed by atoms with van der Waals surface area (Å²) in [5, 5.41) is 0. The highest BCUT2D eigenvalue weighted by Gasteiger charge is 2.54. The summed E-state index contributed by atoms with van der Waals surface area (Å²) in [6.07, 6.45) is 5.88. The first-order valence-electron chi connectivity index (χ1n) is 4.70. The zero-order valence-corrected chi connectivity index (χ0v) is 10.5. The normalized spacial score (nSPS) is 47.1. The Morgan fingerprint density at radius 2 is 1.86 bits per heavy atom. The van der Waals surface area contributed by atoms with Crippen molar-refractivity contribution in [1.29, 1.82) is 0 Å². The first-order chi connectivity index (χ1) is 6.25. The van der Waals surface area contributed by atoms with Crippen LogP contribution in [0.2, 0.25) is 0 Å². The number of alkyl halides is 3. The van der Waals surface area contributed by atoms with Gasteiger partial charge in [0.25, 0.3) is 0 Å². The fraction of sp³-hybridized carbons (Fsp3) is 0.800. The molecule has 0 saturated carbocycles. The molecule has 3 aliphatic rings. The molecule has 0 aromatic heterocycles. The minimum Gasteiger partial charge on any atom is -0.363 e. The van der Waals surface area contributed by atoms with Crippen molar-refractivity contribution in [2.45, 2.75) is 42.2 Å². The summed E-state index contributed by atoms with van der Waals surface area (Å²) in [4.78, 5) is 0. The minimum absolute atomic E-state index is 0.136. The molecule has 2 bridgehead atoms. The number of fused-ring (bicyclic) bond motifs is 2. The molecule has 1 saturated heterocycles. The van der Waals surface area contributed by atoms with Crippen LogP contribution in [0, 0.1) is 5.41 Å². The second-order valence-electron chi connectivity index (χ2n) is 4.69. The maximum atomic E-state index is 5.93. The van der Waals surface area contributed by atoms with Crippen molar-refractivity contribution in [1.82, 2.24) is 0 Å². The zero-order chi connectivity index (χ0) is 10.6. The summed E-state index contributed by atoms with van der Waals surface area (Å²) in [7, 11) is 0. The summed E-state index contributed by atoms with van der Waals surface area (Å²) in [5.74, 6) is 0. The Labute approximate surface area is 99.3 Å². The van der Waals surface area contributed by atoms with E-state index in [0.29, 0.717) is 0 Å². The van der Waals surface area contributed by atoms with Crippen molar-refractivity contribution in [2.24, 2.45) is 5.41 Å². The summed E-state index contributed by atoms with van der Waals surface area (Å²) in [6, 6.07) is 0. The van der Waals surface area contributed by atoms with Crippen LogP contribution in [0.15, 0.2) is 12.2 Å². The highest BCUT2D eigenvalue weighted by molar-refractivity contribution is 6.68. The van der Waals surface area contributed by atoms with Gasteiger partial charge in [-0.2, -0.15) is 0 Å². The minimum atomic E-state index is -1.35. The van der Waals surface area contributed by atoms with E-state index in [0.717, 1.165) is 12.8 Å². The fourth-order valence-electron chi connectivity index (χ4n) is 2.21. The molecule has 0 spiro atoms. The lowest BCUT2D eigenvalue weighted by molar-refractivity contribution is -0.149. The Kier molecular flexibility index (Phi) is 2.40. The summed E-state index contributed by atoms with van der Waals surface area (Å²) < 4.78 is 4.51. The van der Waals surface area contributed by atoms with E-state index in [-0.39, 0.29) is 17.1 Å². The molecule has 2 aliphatic heterocycles. The van der Waals surface area contributed by atoms with E-state index in [2.05, 4.69) is 19.1 Å². The van der Waals surface area contributed by atoms with Crippen LogP contribution < -0.4 is 0 Å². The predicted octanol–water partition coefficient (Wildman–Crippen LogP) is 3.87. The smallest absolute Gasteiger partial charge is 0.217 e. The highest BCUT2D eigenvalue weighted by Crippen LogP contribution is 2.54. The second-order valence-corrected chi connectivity index (χ2v) is 7.06. The van der Waals surface area contributed by atoms with Crippen LogP contribution in [-0.4, -0.2) is 15.5 Å². The third-order valence-electron chi connectivity index (χ3n) is 3.26. The van der Waals surface area contributed by atoms with E-state index in [1.807, 2.05) is 6.92 Å². The Bertz CT molecular complexity index is 284. The molecule has 0 aromatic rings. The maximum absolute atomic E-state index is 5.93.